The summed E-state index contributed by atoms with van der Waals surface area (Å²) in [6, 6.07) is 63.9. The highest BCUT2D eigenvalue weighted by molar-refractivity contribution is 6.12. The van der Waals surface area contributed by atoms with Crippen LogP contribution in [0, 0.1) is 11.3 Å². The van der Waals surface area contributed by atoms with E-state index in [2.05, 4.69) is 155 Å². The van der Waals surface area contributed by atoms with Gasteiger partial charge in [-0.1, -0.05) is 140 Å². The van der Waals surface area contributed by atoms with E-state index < -0.39 is 0 Å². The van der Waals surface area contributed by atoms with E-state index in [0.29, 0.717) is 5.56 Å². The van der Waals surface area contributed by atoms with Gasteiger partial charge in [-0.2, -0.15) is 5.26 Å². The highest BCUT2D eigenvalue weighted by Crippen LogP contribution is 2.40. The van der Waals surface area contributed by atoms with Crippen LogP contribution in [0.2, 0.25) is 0 Å². The van der Waals surface area contributed by atoms with Crippen LogP contribution in [0.25, 0.3) is 88.5 Å². The monoisotopic (exact) mass is 662 g/mol. The third-order valence-corrected chi connectivity index (χ3v) is 10.2. The lowest BCUT2D eigenvalue weighted by atomic mass is 9.99. The fraction of sp³-hybridized carbons (Fsp3) is 0. The fourth-order valence-corrected chi connectivity index (χ4v) is 7.84. The van der Waals surface area contributed by atoms with Crippen LogP contribution in [0.5, 0.6) is 0 Å². The number of aromatic nitrogens is 3. The van der Waals surface area contributed by atoms with Gasteiger partial charge in [0.05, 0.1) is 45.6 Å². The molecule has 7 aromatic carbocycles. The lowest BCUT2D eigenvalue weighted by Crippen LogP contribution is -2.04. The minimum atomic E-state index is 0.611. The van der Waals surface area contributed by atoms with Gasteiger partial charge in [-0.05, 0) is 58.7 Å². The average molecular weight is 663 g/mol. The zero-order valence-electron chi connectivity index (χ0n) is 28.1. The van der Waals surface area contributed by atoms with E-state index in [4.69, 9.17) is 4.98 Å². The summed E-state index contributed by atoms with van der Waals surface area (Å²) < 4.78 is 4.58. The number of nitrogens with zero attached hydrogens (tertiary/aromatic N) is 4. The molecule has 0 aliphatic heterocycles. The van der Waals surface area contributed by atoms with Crippen molar-refractivity contribution in [3.05, 3.63) is 188 Å². The minimum Gasteiger partial charge on any atom is -0.307 e. The molecule has 0 N–H and O–H groups in total. The van der Waals surface area contributed by atoms with E-state index in [0.717, 1.165) is 88.5 Å². The summed E-state index contributed by atoms with van der Waals surface area (Å²) in [7, 11) is 0. The topological polar surface area (TPSA) is 46.5 Å². The molecule has 0 saturated carbocycles. The predicted octanol–water partition coefficient (Wildman–Crippen LogP) is 12.1. The van der Waals surface area contributed by atoms with Crippen molar-refractivity contribution >= 4 is 43.6 Å². The molecule has 0 saturated heterocycles. The van der Waals surface area contributed by atoms with Crippen molar-refractivity contribution < 1.29 is 0 Å². The van der Waals surface area contributed by atoms with Crippen molar-refractivity contribution in [3.63, 3.8) is 0 Å². The zero-order valence-corrected chi connectivity index (χ0v) is 28.1. The predicted molar refractivity (Wildman–Crippen MR) is 214 cm³/mol. The molecule has 0 radical (unpaired) electrons. The third-order valence-electron chi connectivity index (χ3n) is 10.2. The zero-order chi connectivity index (χ0) is 34.6. The molecule has 4 nitrogen and oxygen atoms in total. The Labute approximate surface area is 300 Å². The third kappa shape index (κ3) is 4.65. The molecule has 0 aliphatic rings. The van der Waals surface area contributed by atoms with Crippen LogP contribution in [0.3, 0.4) is 0 Å². The van der Waals surface area contributed by atoms with Crippen LogP contribution >= 0.6 is 0 Å². The molecule has 3 heterocycles. The van der Waals surface area contributed by atoms with Crippen molar-refractivity contribution in [2.45, 2.75) is 0 Å². The van der Waals surface area contributed by atoms with Crippen LogP contribution in [0.15, 0.2) is 182 Å². The largest absolute Gasteiger partial charge is 0.307 e. The Kier molecular flexibility index (Phi) is 6.84. The van der Waals surface area contributed by atoms with Gasteiger partial charge >= 0.3 is 0 Å². The lowest BCUT2D eigenvalue weighted by molar-refractivity contribution is 1.06. The van der Waals surface area contributed by atoms with Crippen molar-refractivity contribution in [2.75, 3.05) is 0 Å². The van der Waals surface area contributed by atoms with Crippen LogP contribution in [-0.4, -0.2) is 14.1 Å². The summed E-state index contributed by atoms with van der Waals surface area (Å²) >= 11 is 0. The van der Waals surface area contributed by atoms with E-state index in [1.165, 1.54) is 0 Å². The number of hydrogen-bond donors (Lipinski definition) is 0. The fourth-order valence-electron chi connectivity index (χ4n) is 7.84. The van der Waals surface area contributed by atoms with Crippen LogP contribution in [0.4, 0.5) is 0 Å². The molecule has 10 rings (SSSR count). The van der Waals surface area contributed by atoms with Gasteiger partial charge in [0, 0.05) is 32.7 Å². The number of pyridine rings is 1. The number of benzene rings is 7. The second kappa shape index (κ2) is 12.0. The normalized spacial score (nSPS) is 11.4. The molecule has 0 unspecified atom stereocenters. The van der Waals surface area contributed by atoms with E-state index >= 15 is 0 Å². The molecule has 0 fully saturated rings. The van der Waals surface area contributed by atoms with Crippen molar-refractivity contribution in [1.82, 2.24) is 14.1 Å². The SMILES string of the molecule is N#Cc1ccccc1-c1cc(-n2c3ccccc3c3ccc(-c4ccccc4)cc32)ncc1-n1c2ccccc2c2ccc(-c3ccccc3)cc21. The van der Waals surface area contributed by atoms with Gasteiger partial charge in [-0.15, -0.1) is 0 Å². The molecule has 4 heteroatoms. The molecule has 52 heavy (non-hydrogen) atoms. The summed E-state index contributed by atoms with van der Waals surface area (Å²) in [6.45, 7) is 0. The quantitative estimate of drug-likeness (QED) is 0.184. The molecule has 10 aromatic rings. The summed E-state index contributed by atoms with van der Waals surface area (Å²) in [6.07, 6.45) is 1.99. The van der Waals surface area contributed by atoms with Gasteiger partial charge in [-0.3, -0.25) is 4.57 Å². The van der Waals surface area contributed by atoms with E-state index in [1.54, 1.807) is 0 Å². The molecular weight excluding hydrogens is 633 g/mol. The van der Waals surface area contributed by atoms with Crippen molar-refractivity contribution in [3.8, 4) is 51.0 Å². The molecule has 3 aromatic heterocycles. The second-order valence-electron chi connectivity index (χ2n) is 13.1. The number of fused-ring (bicyclic) bond motifs is 6. The van der Waals surface area contributed by atoms with Crippen LogP contribution in [-0.2, 0) is 0 Å². The Morgan fingerprint density at radius 3 is 1.52 bits per heavy atom. The van der Waals surface area contributed by atoms with Gasteiger partial charge in [0.2, 0.25) is 0 Å². The Morgan fingerprint density at radius 2 is 0.904 bits per heavy atom. The Bertz CT molecular complexity index is 3020. The van der Waals surface area contributed by atoms with E-state index in [-0.39, 0.29) is 0 Å². The molecule has 0 spiro atoms. The molecule has 0 amide bonds. The average Bonchev–Trinajstić information content (AvgIpc) is 3.73. The molecule has 0 bridgehead atoms. The summed E-state index contributed by atoms with van der Waals surface area (Å²) in [5, 5.41) is 15.1. The number of hydrogen-bond acceptors (Lipinski definition) is 2. The molecular formula is C48H30N4. The van der Waals surface area contributed by atoms with E-state index in [1.807, 2.05) is 42.6 Å². The summed E-state index contributed by atoms with van der Waals surface area (Å²) in [5.41, 5.74) is 12.2. The smallest absolute Gasteiger partial charge is 0.138 e. The Balaban J connectivity index is 1.29. The first-order chi connectivity index (χ1) is 25.8. The maximum atomic E-state index is 10.4. The first kappa shape index (κ1) is 29.7. The highest BCUT2D eigenvalue weighted by Gasteiger charge is 2.21. The first-order valence-corrected chi connectivity index (χ1v) is 17.4. The Hall–Kier alpha value is -7.22. The van der Waals surface area contributed by atoms with Crippen LogP contribution in [0.1, 0.15) is 5.56 Å². The van der Waals surface area contributed by atoms with Gasteiger partial charge < -0.3 is 4.57 Å². The lowest BCUT2D eigenvalue weighted by Gasteiger charge is -2.17. The van der Waals surface area contributed by atoms with Crippen LogP contribution < -0.4 is 0 Å². The maximum absolute atomic E-state index is 10.4. The van der Waals surface area contributed by atoms with Gasteiger partial charge in [-0.25, -0.2) is 4.98 Å². The molecule has 0 aliphatic carbocycles. The summed E-state index contributed by atoms with van der Waals surface area (Å²) in [4.78, 5) is 5.27. The van der Waals surface area contributed by atoms with Gasteiger partial charge in [0.15, 0.2) is 0 Å². The standard InChI is InChI=1S/C48H30N4/c49-30-36-17-7-8-18-37(36)42-29-48(52-44-22-12-10-20-39(44)41-26-24-35(28-46(41)52)33-15-5-2-6-16-33)50-31-47(42)51-43-21-11-9-19-38(43)40-25-23-34(27-45(40)51)32-13-3-1-4-14-32/h1-29,31H. The highest BCUT2D eigenvalue weighted by atomic mass is 15.1. The number of nitriles is 1. The second-order valence-corrected chi connectivity index (χ2v) is 13.1. The minimum absolute atomic E-state index is 0.611. The van der Waals surface area contributed by atoms with Gasteiger partial charge in [0.1, 0.15) is 5.82 Å². The first-order valence-electron chi connectivity index (χ1n) is 17.4. The number of rotatable bonds is 5. The molecule has 242 valence electrons. The van der Waals surface area contributed by atoms with E-state index in [9.17, 15) is 5.26 Å². The van der Waals surface area contributed by atoms with Crippen molar-refractivity contribution in [2.24, 2.45) is 0 Å². The number of para-hydroxylation sites is 2. The van der Waals surface area contributed by atoms with Crippen molar-refractivity contribution in [1.29, 1.82) is 5.26 Å². The molecule has 0 atom stereocenters. The summed E-state index contributed by atoms with van der Waals surface area (Å²) in [5.74, 6) is 0.786. The van der Waals surface area contributed by atoms with Gasteiger partial charge in [0.25, 0.3) is 0 Å². The Morgan fingerprint density at radius 1 is 0.404 bits per heavy atom. The maximum Gasteiger partial charge on any atom is 0.138 e.